The first kappa shape index (κ1) is 21.3. The third kappa shape index (κ3) is 7.86. The van der Waals surface area contributed by atoms with Gasteiger partial charge in [-0.05, 0) is 24.6 Å². The number of carbonyl (C=O) groups excluding carboxylic acids is 3. The second-order valence-electron chi connectivity index (χ2n) is 5.87. The lowest BCUT2D eigenvalue weighted by atomic mass is 10.1. The van der Waals surface area contributed by atoms with E-state index in [1.54, 1.807) is 44.3 Å². The molecule has 0 bridgehead atoms. The fourth-order valence-corrected chi connectivity index (χ4v) is 1.71. The average Bonchev–Trinajstić information content (AvgIpc) is 2.53. The Morgan fingerprint density at radius 3 is 2.31 bits per heavy atom. The molecule has 1 aromatic carbocycles. The van der Waals surface area contributed by atoms with Crippen LogP contribution in [0.5, 0.6) is 0 Å². The van der Waals surface area contributed by atoms with E-state index in [9.17, 15) is 27.6 Å². The Morgan fingerprint density at radius 2 is 1.73 bits per heavy atom. The number of hydrogen-bond acceptors (Lipinski definition) is 3. The van der Waals surface area contributed by atoms with Gasteiger partial charge in [-0.2, -0.15) is 13.2 Å². The van der Waals surface area contributed by atoms with E-state index in [-0.39, 0.29) is 11.8 Å². The Morgan fingerprint density at radius 1 is 1.08 bits per heavy atom. The molecule has 0 aliphatic rings. The van der Waals surface area contributed by atoms with Crippen LogP contribution in [0.25, 0.3) is 0 Å². The Bertz CT molecular complexity index is 675. The first-order chi connectivity index (χ1) is 12.0. The smallest absolute Gasteiger partial charge is 0.345 e. The number of carbonyl (C=O) groups is 3. The number of alkyl halides is 3. The average molecular weight is 374 g/mol. The van der Waals surface area contributed by atoms with Crippen LogP contribution in [0.15, 0.2) is 18.2 Å². The first-order valence-corrected chi connectivity index (χ1v) is 7.77. The highest BCUT2D eigenvalue weighted by molar-refractivity contribution is 5.95. The minimum Gasteiger partial charge on any atom is -0.345 e. The summed E-state index contributed by atoms with van der Waals surface area (Å²) >= 11 is 0. The summed E-state index contributed by atoms with van der Waals surface area (Å²) in [5, 5.41) is 8.96. The quantitative estimate of drug-likeness (QED) is 0.615. The predicted octanol–water partition coefficient (Wildman–Crippen LogP) is 2.39. The molecular formula is C16H21F3N4O3. The molecule has 0 aliphatic carbocycles. The van der Waals surface area contributed by atoms with Crippen LogP contribution in [-0.2, 0) is 9.59 Å². The van der Waals surface area contributed by atoms with Gasteiger partial charge in [-0.25, -0.2) is 4.79 Å². The largest absolute Gasteiger partial charge is 0.405 e. The van der Waals surface area contributed by atoms with Gasteiger partial charge in [0.05, 0.1) is 6.54 Å². The highest BCUT2D eigenvalue weighted by Crippen LogP contribution is 2.20. The summed E-state index contributed by atoms with van der Waals surface area (Å²) in [5.74, 6) is -1.37. The van der Waals surface area contributed by atoms with E-state index < -0.39 is 31.2 Å². The van der Waals surface area contributed by atoms with E-state index in [4.69, 9.17) is 0 Å². The minimum atomic E-state index is -4.52. The number of anilines is 2. The summed E-state index contributed by atoms with van der Waals surface area (Å²) in [7, 11) is 0. The van der Waals surface area contributed by atoms with Crippen molar-refractivity contribution in [2.45, 2.75) is 26.9 Å². The molecule has 0 saturated carbocycles. The lowest BCUT2D eigenvalue weighted by Crippen LogP contribution is -2.42. The Balaban J connectivity index is 2.58. The van der Waals surface area contributed by atoms with Crippen molar-refractivity contribution < 1.29 is 27.6 Å². The summed E-state index contributed by atoms with van der Waals surface area (Å²) in [4.78, 5) is 34.8. The summed E-state index contributed by atoms with van der Waals surface area (Å²) in [6, 6.07) is 4.13. The van der Waals surface area contributed by atoms with Gasteiger partial charge in [0.15, 0.2) is 0 Å². The van der Waals surface area contributed by atoms with Crippen molar-refractivity contribution in [2.24, 2.45) is 5.92 Å². The van der Waals surface area contributed by atoms with Crippen molar-refractivity contribution in [1.29, 1.82) is 0 Å². The lowest BCUT2D eigenvalue weighted by molar-refractivity contribution is -0.137. The zero-order valence-corrected chi connectivity index (χ0v) is 14.6. The van der Waals surface area contributed by atoms with Crippen LogP contribution in [0.2, 0.25) is 0 Å². The molecule has 0 fully saturated rings. The van der Waals surface area contributed by atoms with Gasteiger partial charge in [0, 0.05) is 17.3 Å². The number of rotatable bonds is 6. The number of halogens is 3. The predicted molar refractivity (Wildman–Crippen MR) is 90.7 cm³/mol. The van der Waals surface area contributed by atoms with Crippen LogP contribution in [0.3, 0.4) is 0 Å². The fraction of sp³-hybridized carbons (Fsp3) is 0.438. The maximum Gasteiger partial charge on any atom is 0.405 e. The normalized spacial score (nSPS) is 11.0. The van der Waals surface area contributed by atoms with Crippen molar-refractivity contribution in [3.05, 3.63) is 23.8 Å². The molecule has 1 aromatic rings. The van der Waals surface area contributed by atoms with E-state index in [1.165, 1.54) is 0 Å². The molecule has 144 valence electrons. The van der Waals surface area contributed by atoms with Crippen LogP contribution < -0.4 is 21.3 Å². The minimum absolute atomic E-state index is 0.189. The van der Waals surface area contributed by atoms with E-state index >= 15 is 0 Å². The first-order valence-electron chi connectivity index (χ1n) is 7.77. The SMILES string of the molecule is Cc1ccc(NC(=O)C(C)C)cc1NC(=O)NCC(=O)NCC(F)(F)F. The molecule has 0 atom stereocenters. The summed E-state index contributed by atoms with van der Waals surface area (Å²) in [5.41, 5.74) is 1.57. The van der Waals surface area contributed by atoms with Crippen molar-refractivity contribution in [3.8, 4) is 0 Å². The fourth-order valence-electron chi connectivity index (χ4n) is 1.71. The zero-order chi connectivity index (χ0) is 19.9. The Hall–Kier alpha value is -2.78. The summed E-state index contributed by atoms with van der Waals surface area (Å²) in [6.07, 6.45) is -4.52. The molecular weight excluding hydrogens is 353 g/mol. The molecule has 0 heterocycles. The summed E-state index contributed by atoms with van der Waals surface area (Å²) < 4.78 is 35.9. The van der Waals surface area contributed by atoms with Crippen LogP contribution in [-0.4, -0.2) is 37.1 Å². The summed E-state index contributed by atoms with van der Waals surface area (Å²) in [6.45, 7) is 3.12. The molecule has 10 heteroatoms. The van der Waals surface area contributed by atoms with E-state index in [0.717, 1.165) is 0 Å². The molecule has 4 N–H and O–H groups in total. The van der Waals surface area contributed by atoms with Gasteiger partial charge in [0.2, 0.25) is 11.8 Å². The van der Waals surface area contributed by atoms with Gasteiger partial charge in [-0.3, -0.25) is 9.59 Å². The highest BCUT2D eigenvalue weighted by Gasteiger charge is 2.27. The molecule has 4 amide bonds. The topological polar surface area (TPSA) is 99.3 Å². The van der Waals surface area contributed by atoms with Crippen LogP contribution >= 0.6 is 0 Å². The Kier molecular flexibility index (Phi) is 7.41. The third-order valence-corrected chi connectivity index (χ3v) is 3.17. The highest BCUT2D eigenvalue weighted by atomic mass is 19.4. The van der Waals surface area contributed by atoms with Gasteiger partial charge in [-0.1, -0.05) is 19.9 Å². The van der Waals surface area contributed by atoms with Crippen molar-refractivity contribution in [3.63, 3.8) is 0 Å². The molecule has 0 spiro atoms. The molecule has 0 unspecified atom stereocenters. The number of nitrogens with one attached hydrogen (secondary N) is 4. The molecule has 0 radical (unpaired) electrons. The molecule has 0 aromatic heterocycles. The molecule has 26 heavy (non-hydrogen) atoms. The van der Waals surface area contributed by atoms with Gasteiger partial charge in [0.25, 0.3) is 0 Å². The second-order valence-corrected chi connectivity index (χ2v) is 5.87. The van der Waals surface area contributed by atoms with Gasteiger partial charge in [-0.15, -0.1) is 0 Å². The number of benzene rings is 1. The van der Waals surface area contributed by atoms with Gasteiger partial charge < -0.3 is 21.3 Å². The van der Waals surface area contributed by atoms with Crippen molar-refractivity contribution in [1.82, 2.24) is 10.6 Å². The molecule has 0 aliphatic heterocycles. The second kappa shape index (κ2) is 9.07. The van der Waals surface area contributed by atoms with Gasteiger partial charge in [0.1, 0.15) is 6.54 Å². The number of amides is 4. The van der Waals surface area contributed by atoms with E-state index in [0.29, 0.717) is 16.9 Å². The number of hydrogen-bond donors (Lipinski definition) is 4. The maximum atomic E-state index is 12.0. The van der Waals surface area contributed by atoms with Crippen molar-refractivity contribution >= 4 is 29.2 Å². The standard InChI is InChI=1S/C16H21F3N4O3/c1-9(2)14(25)22-11-5-4-10(3)12(6-11)23-15(26)20-7-13(24)21-8-16(17,18)19/h4-6,9H,7-8H2,1-3H3,(H,21,24)(H,22,25)(H2,20,23,26). The van der Waals surface area contributed by atoms with Crippen LogP contribution in [0.1, 0.15) is 19.4 Å². The Labute approximate surface area is 148 Å². The van der Waals surface area contributed by atoms with Crippen molar-refractivity contribution in [2.75, 3.05) is 23.7 Å². The monoisotopic (exact) mass is 374 g/mol. The lowest BCUT2D eigenvalue weighted by Gasteiger charge is -2.13. The maximum absolute atomic E-state index is 12.0. The molecule has 7 nitrogen and oxygen atoms in total. The molecule has 0 saturated heterocycles. The van der Waals surface area contributed by atoms with E-state index in [2.05, 4.69) is 16.0 Å². The zero-order valence-electron chi connectivity index (χ0n) is 14.6. The number of aryl methyl sites for hydroxylation is 1. The van der Waals surface area contributed by atoms with Crippen LogP contribution in [0, 0.1) is 12.8 Å². The van der Waals surface area contributed by atoms with Crippen LogP contribution in [0.4, 0.5) is 29.3 Å². The molecule has 1 rings (SSSR count). The number of urea groups is 1. The van der Waals surface area contributed by atoms with E-state index in [1.807, 2.05) is 0 Å². The van der Waals surface area contributed by atoms with Gasteiger partial charge >= 0.3 is 12.2 Å². The third-order valence-electron chi connectivity index (χ3n) is 3.17.